The summed E-state index contributed by atoms with van der Waals surface area (Å²) < 4.78 is 15.7. The van der Waals surface area contributed by atoms with Gasteiger partial charge in [0.2, 0.25) is 5.91 Å². The van der Waals surface area contributed by atoms with E-state index >= 15 is 0 Å². The van der Waals surface area contributed by atoms with Crippen LogP contribution >= 0.6 is 0 Å². The van der Waals surface area contributed by atoms with Gasteiger partial charge in [-0.15, -0.1) is 0 Å². The summed E-state index contributed by atoms with van der Waals surface area (Å²) >= 11 is 0. The zero-order valence-electron chi connectivity index (χ0n) is 12.8. The van der Waals surface area contributed by atoms with Gasteiger partial charge in [0.05, 0.1) is 0 Å². The number of nitrogens with zero attached hydrogens (tertiary/aromatic N) is 3. The second kappa shape index (κ2) is 6.76. The number of hydrogen-bond donors (Lipinski definition) is 1. The largest absolute Gasteiger partial charge is 0.350 e. The quantitative estimate of drug-likeness (QED) is 0.922. The highest BCUT2D eigenvalue weighted by Crippen LogP contribution is 2.10. The minimum Gasteiger partial charge on any atom is -0.350 e. The van der Waals surface area contributed by atoms with Crippen molar-refractivity contribution in [2.75, 3.05) is 0 Å². The summed E-state index contributed by atoms with van der Waals surface area (Å²) in [5.41, 5.74) is 0.576. The summed E-state index contributed by atoms with van der Waals surface area (Å²) in [6.07, 6.45) is 3.86. The fraction of sp³-hybridized carbons (Fsp3) is 0.438. The SMILES string of the molecule is O=C(Cn1nc2n(c1=O)CCCCC2)NCc1ccc(F)cc1. The highest BCUT2D eigenvalue weighted by molar-refractivity contribution is 5.75. The molecule has 7 heteroatoms. The molecule has 6 nitrogen and oxygen atoms in total. The molecule has 1 aliphatic heterocycles. The minimum atomic E-state index is -0.314. The number of halogens is 1. The van der Waals surface area contributed by atoms with Gasteiger partial charge >= 0.3 is 5.69 Å². The molecule has 0 radical (unpaired) electrons. The van der Waals surface area contributed by atoms with Crippen LogP contribution in [0, 0.1) is 5.82 Å². The second-order valence-corrected chi connectivity index (χ2v) is 5.72. The number of amides is 1. The molecule has 122 valence electrons. The maximum Gasteiger partial charge on any atom is 0.346 e. The van der Waals surface area contributed by atoms with Crippen molar-refractivity contribution in [3.63, 3.8) is 0 Å². The van der Waals surface area contributed by atoms with Crippen LogP contribution in [-0.2, 0) is 30.8 Å². The summed E-state index contributed by atoms with van der Waals surface area (Å²) in [5.74, 6) is 0.162. The van der Waals surface area contributed by atoms with Crippen molar-refractivity contribution in [1.82, 2.24) is 19.7 Å². The third-order valence-electron chi connectivity index (χ3n) is 3.98. The Morgan fingerprint density at radius 3 is 2.78 bits per heavy atom. The normalized spacial score (nSPS) is 14.1. The molecule has 3 rings (SSSR count). The highest BCUT2D eigenvalue weighted by Gasteiger charge is 2.17. The topological polar surface area (TPSA) is 68.9 Å². The second-order valence-electron chi connectivity index (χ2n) is 5.72. The Labute approximate surface area is 132 Å². The van der Waals surface area contributed by atoms with Crippen molar-refractivity contribution in [2.24, 2.45) is 0 Å². The molecule has 0 spiro atoms. The molecule has 23 heavy (non-hydrogen) atoms. The van der Waals surface area contributed by atoms with E-state index in [9.17, 15) is 14.0 Å². The van der Waals surface area contributed by atoms with Crippen LogP contribution in [0.3, 0.4) is 0 Å². The molecule has 0 atom stereocenters. The van der Waals surface area contributed by atoms with E-state index in [4.69, 9.17) is 0 Å². The molecule has 2 heterocycles. The summed E-state index contributed by atoms with van der Waals surface area (Å²) in [6, 6.07) is 5.91. The molecule has 1 N–H and O–H groups in total. The lowest BCUT2D eigenvalue weighted by Crippen LogP contribution is -2.33. The zero-order chi connectivity index (χ0) is 16.2. The van der Waals surface area contributed by atoms with Crippen molar-refractivity contribution < 1.29 is 9.18 Å². The summed E-state index contributed by atoms with van der Waals surface area (Å²) in [4.78, 5) is 24.2. The Morgan fingerprint density at radius 2 is 2.00 bits per heavy atom. The lowest BCUT2D eigenvalue weighted by atomic mass is 10.2. The molecular weight excluding hydrogens is 299 g/mol. The molecule has 0 fully saturated rings. The molecule has 0 saturated heterocycles. The van der Waals surface area contributed by atoms with Gasteiger partial charge in [-0.2, -0.15) is 5.10 Å². The number of fused-ring (bicyclic) bond motifs is 1. The smallest absolute Gasteiger partial charge is 0.346 e. The molecule has 2 aromatic rings. The molecule has 0 unspecified atom stereocenters. The molecule has 0 bridgehead atoms. The molecule has 1 aliphatic rings. The minimum absolute atomic E-state index is 0.0972. The first-order chi connectivity index (χ1) is 11.1. The van der Waals surface area contributed by atoms with Crippen LogP contribution in [0.2, 0.25) is 0 Å². The lowest BCUT2D eigenvalue weighted by molar-refractivity contribution is -0.122. The van der Waals surface area contributed by atoms with E-state index in [0.717, 1.165) is 37.1 Å². The molecule has 1 aromatic heterocycles. The number of nitrogens with one attached hydrogen (secondary N) is 1. The van der Waals surface area contributed by atoms with Crippen LogP contribution in [0.5, 0.6) is 0 Å². The highest BCUT2D eigenvalue weighted by atomic mass is 19.1. The van der Waals surface area contributed by atoms with Crippen molar-refractivity contribution in [3.05, 3.63) is 52.0 Å². The van der Waals surface area contributed by atoms with E-state index in [1.807, 2.05) is 0 Å². The van der Waals surface area contributed by atoms with Gasteiger partial charge in [0.15, 0.2) is 0 Å². The van der Waals surface area contributed by atoms with Crippen LogP contribution in [0.4, 0.5) is 4.39 Å². The maximum absolute atomic E-state index is 12.8. The first kappa shape index (κ1) is 15.5. The fourth-order valence-corrected chi connectivity index (χ4v) is 2.72. The van der Waals surface area contributed by atoms with Gasteiger partial charge in [-0.1, -0.05) is 18.6 Å². The number of hydrogen-bond acceptors (Lipinski definition) is 3. The predicted octanol–water partition coefficient (Wildman–Crippen LogP) is 1.23. The van der Waals surface area contributed by atoms with E-state index < -0.39 is 0 Å². The van der Waals surface area contributed by atoms with Gasteiger partial charge in [0.1, 0.15) is 18.2 Å². The molecule has 1 amide bonds. The summed E-state index contributed by atoms with van der Waals surface area (Å²) in [7, 11) is 0. The standard InChI is InChI=1S/C16H19FN4O2/c17-13-7-5-12(6-8-13)10-18-15(22)11-21-16(23)20-9-3-1-2-4-14(20)19-21/h5-8H,1-4,9-11H2,(H,18,22). The lowest BCUT2D eigenvalue weighted by Gasteiger charge is -2.05. The van der Waals surface area contributed by atoms with Gasteiger partial charge in [0.25, 0.3) is 0 Å². The first-order valence-electron chi connectivity index (χ1n) is 7.81. The van der Waals surface area contributed by atoms with Gasteiger partial charge < -0.3 is 5.32 Å². The van der Waals surface area contributed by atoms with Crippen LogP contribution in [-0.4, -0.2) is 20.3 Å². The van der Waals surface area contributed by atoms with Crippen molar-refractivity contribution in [3.8, 4) is 0 Å². The number of aryl methyl sites for hydroxylation is 1. The maximum atomic E-state index is 12.8. The van der Waals surface area contributed by atoms with E-state index in [1.54, 1.807) is 16.7 Å². The average molecular weight is 318 g/mol. The number of aromatic nitrogens is 3. The Bertz CT molecular complexity index is 748. The average Bonchev–Trinajstić information content (AvgIpc) is 2.72. The van der Waals surface area contributed by atoms with Crippen LogP contribution < -0.4 is 11.0 Å². The van der Waals surface area contributed by atoms with Gasteiger partial charge in [0, 0.05) is 19.5 Å². The number of carbonyl (C=O) groups excluding carboxylic acids is 1. The predicted molar refractivity (Wildman–Crippen MR) is 82.3 cm³/mol. The number of carbonyl (C=O) groups is 1. The molecule has 1 aromatic carbocycles. The molecule has 0 saturated carbocycles. The monoisotopic (exact) mass is 318 g/mol. The Morgan fingerprint density at radius 1 is 1.22 bits per heavy atom. The summed E-state index contributed by atoms with van der Waals surface area (Å²) in [5, 5.41) is 6.99. The fourth-order valence-electron chi connectivity index (χ4n) is 2.72. The van der Waals surface area contributed by atoms with E-state index in [-0.39, 0.29) is 24.0 Å². The zero-order valence-corrected chi connectivity index (χ0v) is 12.8. The van der Waals surface area contributed by atoms with Crippen molar-refractivity contribution >= 4 is 5.91 Å². The van der Waals surface area contributed by atoms with E-state index in [2.05, 4.69) is 10.4 Å². The Balaban J connectivity index is 1.62. The van der Waals surface area contributed by atoms with Gasteiger partial charge in [-0.25, -0.2) is 13.9 Å². The third kappa shape index (κ3) is 3.67. The van der Waals surface area contributed by atoms with Crippen molar-refractivity contribution in [2.45, 2.75) is 45.3 Å². The van der Waals surface area contributed by atoms with Gasteiger partial charge in [-0.3, -0.25) is 9.36 Å². The van der Waals surface area contributed by atoms with E-state index in [0.29, 0.717) is 13.1 Å². The van der Waals surface area contributed by atoms with Crippen molar-refractivity contribution in [1.29, 1.82) is 0 Å². The van der Waals surface area contributed by atoms with Crippen LogP contribution in [0.1, 0.15) is 30.7 Å². The number of benzene rings is 1. The number of rotatable bonds is 4. The van der Waals surface area contributed by atoms with Gasteiger partial charge in [-0.05, 0) is 30.5 Å². The van der Waals surface area contributed by atoms with Crippen LogP contribution in [0.25, 0.3) is 0 Å². The Kier molecular flexibility index (Phi) is 4.55. The third-order valence-corrected chi connectivity index (χ3v) is 3.98. The Hall–Kier alpha value is -2.44. The molecular formula is C16H19FN4O2. The summed E-state index contributed by atoms with van der Waals surface area (Å²) in [6.45, 7) is 0.868. The van der Waals surface area contributed by atoms with E-state index in [1.165, 1.54) is 16.8 Å². The first-order valence-corrected chi connectivity index (χ1v) is 7.81. The van der Waals surface area contributed by atoms with Crippen LogP contribution in [0.15, 0.2) is 29.1 Å². The molecule has 0 aliphatic carbocycles.